The third-order valence-electron chi connectivity index (χ3n) is 4.04. The van der Waals surface area contributed by atoms with Gasteiger partial charge in [-0.25, -0.2) is 0 Å². The van der Waals surface area contributed by atoms with Gasteiger partial charge in [0.25, 0.3) is 11.8 Å². The van der Waals surface area contributed by atoms with Crippen molar-refractivity contribution in [3.8, 4) is 0 Å². The summed E-state index contributed by atoms with van der Waals surface area (Å²) in [6.45, 7) is 7.37. The van der Waals surface area contributed by atoms with Crippen LogP contribution in [-0.2, 0) is 0 Å². The first-order valence-corrected chi connectivity index (χ1v) is 8.56. The Morgan fingerprint density at radius 3 is 2.52 bits per heavy atom. The Balaban J connectivity index is 2.08. The first-order valence-electron chi connectivity index (χ1n) is 8.56. The van der Waals surface area contributed by atoms with Gasteiger partial charge in [0.2, 0.25) is 0 Å². The minimum Gasteiger partial charge on any atom is -0.348 e. The highest BCUT2D eigenvalue weighted by atomic mass is 16.2. The average molecular weight is 317 g/mol. The molecule has 2 amide bonds. The van der Waals surface area contributed by atoms with E-state index in [0.717, 1.165) is 45.4 Å². The average Bonchev–Trinajstić information content (AvgIpc) is 3.07. The lowest BCUT2D eigenvalue weighted by atomic mass is 10.1. The summed E-state index contributed by atoms with van der Waals surface area (Å²) < 4.78 is 0. The SMILES string of the molecule is CCCN(CCC)C(=O)c1cccc(C(=O)NC2CCNC2)c1. The van der Waals surface area contributed by atoms with Crippen molar-refractivity contribution in [1.82, 2.24) is 15.5 Å². The molecule has 1 heterocycles. The molecular formula is C18H27N3O2. The second kappa shape index (κ2) is 8.67. The molecule has 0 aromatic heterocycles. The van der Waals surface area contributed by atoms with Gasteiger partial charge in [0, 0.05) is 36.8 Å². The number of rotatable bonds is 7. The second-order valence-electron chi connectivity index (χ2n) is 6.04. The molecule has 1 aromatic rings. The predicted molar refractivity (Wildman–Crippen MR) is 91.7 cm³/mol. The maximum atomic E-state index is 12.6. The van der Waals surface area contributed by atoms with Gasteiger partial charge in [0.15, 0.2) is 0 Å². The highest BCUT2D eigenvalue weighted by Gasteiger charge is 2.19. The van der Waals surface area contributed by atoms with E-state index in [1.165, 1.54) is 0 Å². The number of carbonyl (C=O) groups excluding carboxylic acids is 2. The lowest BCUT2D eigenvalue weighted by Crippen LogP contribution is -2.36. The van der Waals surface area contributed by atoms with Gasteiger partial charge in [-0.2, -0.15) is 0 Å². The fourth-order valence-electron chi connectivity index (χ4n) is 2.88. The topological polar surface area (TPSA) is 61.4 Å². The van der Waals surface area contributed by atoms with Crippen molar-refractivity contribution in [1.29, 1.82) is 0 Å². The molecule has 1 unspecified atom stereocenters. The molecule has 1 aliphatic heterocycles. The quantitative estimate of drug-likeness (QED) is 0.809. The molecule has 1 aliphatic rings. The normalized spacial score (nSPS) is 17.0. The summed E-state index contributed by atoms with van der Waals surface area (Å²) in [6.07, 6.45) is 2.81. The van der Waals surface area contributed by atoms with Crippen LogP contribution in [0.5, 0.6) is 0 Å². The monoisotopic (exact) mass is 317 g/mol. The fraction of sp³-hybridized carbons (Fsp3) is 0.556. The molecule has 1 fully saturated rings. The largest absolute Gasteiger partial charge is 0.348 e. The third-order valence-corrected chi connectivity index (χ3v) is 4.04. The Labute approximate surface area is 138 Å². The Hall–Kier alpha value is -1.88. The van der Waals surface area contributed by atoms with E-state index in [4.69, 9.17) is 0 Å². The summed E-state index contributed by atoms with van der Waals surface area (Å²) in [5, 5.41) is 6.24. The lowest BCUT2D eigenvalue weighted by Gasteiger charge is -2.21. The van der Waals surface area contributed by atoms with Crippen molar-refractivity contribution >= 4 is 11.8 Å². The summed E-state index contributed by atoms with van der Waals surface area (Å²) in [6, 6.07) is 7.22. The maximum Gasteiger partial charge on any atom is 0.253 e. The summed E-state index contributed by atoms with van der Waals surface area (Å²) in [5.74, 6) is -0.100. The zero-order valence-corrected chi connectivity index (χ0v) is 14.1. The summed E-state index contributed by atoms with van der Waals surface area (Å²) in [7, 11) is 0. The van der Waals surface area contributed by atoms with Crippen LogP contribution in [0.15, 0.2) is 24.3 Å². The second-order valence-corrected chi connectivity index (χ2v) is 6.04. The smallest absolute Gasteiger partial charge is 0.253 e. The predicted octanol–water partition coefficient (Wildman–Crippen LogP) is 2.04. The van der Waals surface area contributed by atoms with Crippen LogP contribution in [0.3, 0.4) is 0 Å². The lowest BCUT2D eigenvalue weighted by molar-refractivity contribution is 0.0755. The number of nitrogens with one attached hydrogen (secondary N) is 2. The van der Waals surface area contributed by atoms with Crippen LogP contribution < -0.4 is 10.6 Å². The van der Waals surface area contributed by atoms with Gasteiger partial charge in [-0.1, -0.05) is 19.9 Å². The van der Waals surface area contributed by atoms with Crippen LogP contribution in [-0.4, -0.2) is 48.9 Å². The fourth-order valence-corrected chi connectivity index (χ4v) is 2.88. The first kappa shape index (κ1) is 17.5. The van der Waals surface area contributed by atoms with Gasteiger partial charge in [-0.05, 0) is 44.0 Å². The third kappa shape index (κ3) is 4.79. The zero-order chi connectivity index (χ0) is 16.7. The zero-order valence-electron chi connectivity index (χ0n) is 14.1. The maximum absolute atomic E-state index is 12.6. The van der Waals surface area contributed by atoms with Crippen LogP contribution in [0.25, 0.3) is 0 Å². The Kier molecular flexibility index (Phi) is 6.59. The van der Waals surface area contributed by atoms with Crippen molar-refractivity contribution in [2.45, 2.75) is 39.2 Å². The highest BCUT2D eigenvalue weighted by molar-refractivity contribution is 5.99. The molecule has 5 heteroatoms. The minimum atomic E-state index is -0.106. The van der Waals surface area contributed by atoms with E-state index in [2.05, 4.69) is 24.5 Å². The van der Waals surface area contributed by atoms with Gasteiger partial charge in [0.05, 0.1) is 0 Å². The Morgan fingerprint density at radius 2 is 1.91 bits per heavy atom. The van der Waals surface area contributed by atoms with E-state index in [1.54, 1.807) is 24.3 Å². The van der Waals surface area contributed by atoms with Crippen molar-refractivity contribution in [3.05, 3.63) is 35.4 Å². The van der Waals surface area contributed by atoms with Crippen LogP contribution in [0.2, 0.25) is 0 Å². The molecule has 1 saturated heterocycles. The van der Waals surface area contributed by atoms with E-state index in [-0.39, 0.29) is 17.9 Å². The molecule has 0 saturated carbocycles. The van der Waals surface area contributed by atoms with Crippen LogP contribution in [0, 0.1) is 0 Å². The number of nitrogens with zero attached hydrogens (tertiary/aromatic N) is 1. The van der Waals surface area contributed by atoms with Gasteiger partial charge >= 0.3 is 0 Å². The molecule has 2 rings (SSSR count). The molecular weight excluding hydrogens is 290 g/mol. The van der Waals surface area contributed by atoms with E-state index in [1.807, 2.05) is 4.90 Å². The molecule has 1 atom stereocenters. The number of hydrogen-bond donors (Lipinski definition) is 2. The first-order chi connectivity index (χ1) is 11.2. The van der Waals surface area contributed by atoms with Crippen LogP contribution >= 0.6 is 0 Å². The Morgan fingerprint density at radius 1 is 1.22 bits per heavy atom. The van der Waals surface area contributed by atoms with E-state index in [9.17, 15) is 9.59 Å². The highest BCUT2D eigenvalue weighted by Crippen LogP contribution is 2.11. The molecule has 1 aromatic carbocycles. The molecule has 0 bridgehead atoms. The van der Waals surface area contributed by atoms with Crippen molar-refractivity contribution in [2.24, 2.45) is 0 Å². The summed E-state index contributed by atoms with van der Waals surface area (Å²) in [4.78, 5) is 26.8. The molecule has 126 valence electrons. The van der Waals surface area contributed by atoms with Crippen LogP contribution in [0.1, 0.15) is 53.8 Å². The molecule has 23 heavy (non-hydrogen) atoms. The Bertz CT molecular complexity index is 533. The standard InChI is InChI=1S/C18H27N3O2/c1-3-10-21(11-4-2)18(23)15-7-5-6-14(12-15)17(22)20-16-8-9-19-13-16/h5-7,12,16,19H,3-4,8-11,13H2,1-2H3,(H,20,22). The van der Waals surface area contributed by atoms with Gasteiger partial charge < -0.3 is 15.5 Å². The van der Waals surface area contributed by atoms with Crippen molar-refractivity contribution < 1.29 is 9.59 Å². The summed E-state index contributed by atoms with van der Waals surface area (Å²) >= 11 is 0. The van der Waals surface area contributed by atoms with Gasteiger partial charge in [0.1, 0.15) is 0 Å². The summed E-state index contributed by atoms with van der Waals surface area (Å²) in [5.41, 5.74) is 1.14. The van der Waals surface area contributed by atoms with E-state index >= 15 is 0 Å². The molecule has 0 spiro atoms. The van der Waals surface area contributed by atoms with Gasteiger partial charge in [-0.3, -0.25) is 9.59 Å². The van der Waals surface area contributed by atoms with Crippen molar-refractivity contribution in [3.63, 3.8) is 0 Å². The minimum absolute atomic E-state index is 0.00545. The number of carbonyl (C=O) groups is 2. The van der Waals surface area contributed by atoms with E-state index in [0.29, 0.717) is 11.1 Å². The van der Waals surface area contributed by atoms with Gasteiger partial charge in [-0.15, -0.1) is 0 Å². The molecule has 0 radical (unpaired) electrons. The van der Waals surface area contributed by atoms with E-state index < -0.39 is 0 Å². The molecule has 2 N–H and O–H groups in total. The number of benzene rings is 1. The van der Waals surface area contributed by atoms with Crippen molar-refractivity contribution in [2.75, 3.05) is 26.2 Å². The molecule has 0 aliphatic carbocycles. The number of hydrogen-bond acceptors (Lipinski definition) is 3. The number of amides is 2. The molecule has 5 nitrogen and oxygen atoms in total. The van der Waals surface area contributed by atoms with Crippen LogP contribution in [0.4, 0.5) is 0 Å².